The van der Waals surface area contributed by atoms with Crippen molar-refractivity contribution in [1.29, 1.82) is 0 Å². The lowest BCUT2D eigenvalue weighted by Gasteiger charge is -2.02. The number of hydrogen-bond donors (Lipinski definition) is 0. The first-order valence-electron chi connectivity index (χ1n) is 4.19. The van der Waals surface area contributed by atoms with E-state index in [1.807, 2.05) is 0 Å². The number of carbonyl (C=O) groups excluding carboxylic acids is 1. The number of carbonyl (C=O) groups is 1. The second-order valence-electron chi connectivity index (χ2n) is 2.93. The molecular formula is C10H9F3O. The summed E-state index contributed by atoms with van der Waals surface area (Å²) in [6, 6.07) is 1.17. The van der Waals surface area contributed by atoms with Crippen molar-refractivity contribution in [3.05, 3.63) is 35.1 Å². The van der Waals surface area contributed by atoms with Crippen molar-refractivity contribution >= 4 is 5.78 Å². The number of halogens is 3. The molecule has 0 N–H and O–H groups in total. The molecule has 76 valence electrons. The second kappa shape index (κ2) is 4.26. The molecule has 0 aliphatic rings. The summed E-state index contributed by atoms with van der Waals surface area (Å²) in [6.45, 7) is 1.63. The predicted molar refractivity (Wildman–Crippen MR) is 45.3 cm³/mol. The number of rotatable bonds is 3. The third-order valence-electron chi connectivity index (χ3n) is 1.87. The van der Waals surface area contributed by atoms with E-state index in [0.29, 0.717) is 6.07 Å². The Morgan fingerprint density at radius 3 is 2.29 bits per heavy atom. The predicted octanol–water partition coefficient (Wildman–Crippen LogP) is 2.63. The van der Waals surface area contributed by atoms with Crippen molar-refractivity contribution in [1.82, 2.24) is 0 Å². The van der Waals surface area contributed by atoms with Crippen LogP contribution in [0, 0.1) is 17.5 Å². The van der Waals surface area contributed by atoms with Crippen molar-refractivity contribution in [3.8, 4) is 0 Å². The highest BCUT2D eigenvalue weighted by molar-refractivity contribution is 5.80. The molecule has 0 amide bonds. The van der Waals surface area contributed by atoms with Gasteiger partial charge >= 0.3 is 0 Å². The van der Waals surface area contributed by atoms with Gasteiger partial charge in [-0.05, 0) is 11.6 Å². The fourth-order valence-corrected chi connectivity index (χ4v) is 1.04. The number of hydrogen-bond acceptors (Lipinski definition) is 1. The van der Waals surface area contributed by atoms with E-state index in [2.05, 4.69) is 0 Å². The van der Waals surface area contributed by atoms with E-state index in [1.54, 1.807) is 6.92 Å². The summed E-state index contributed by atoms with van der Waals surface area (Å²) in [5.74, 6) is -3.47. The molecular weight excluding hydrogens is 193 g/mol. The summed E-state index contributed by atoms with van der Waals surface area (Å²) >= 11 is 0. The highest BCUT2D eigenvalue weighted by atomic mass is 19.2. The van der Waals surface area contributed by atoms with Gasteiger partial charge in [0, 0.05) is 18.9 Å². The Hall–Kier alpha value is -1.32. The van der Waals surface area contributed by atoms with Gasteiger partial charge in [0.05, 0.1) is 0 Å². The molecule has 0 saturated carbocycles. The molecule has 0 heterocycles. The molecule has 0 fully saturated rings. The van der Waals surface area contributed by atoms with Gasteiger partial charge in [0.2, 0.25) is 0 Å². The van der Waals surface area contributed by atoms with Crippen LogP contribution in [0.2, 0.25) is 0 Å². The van der Waals surface area contributed by atoms with E-state index >= 15 is 0 Å². The molecule has 0 atom stereocenters. The minimum atomic E-state index is -1.24. The Morgan fingerprint density at radius 2 is 1.71 bits per heavy atom. The first-order valence-corrected chi connectivity index (χ1v) is 4.19. The first kappa shape index (κ1) is 10.8. The molecule has 4 heteroatoms. The van der Waals surface area contributed by atoms with Gasteiger partial charge in [-0.2, -0.15) is 0 Å². The fraction of sp³-hybridized carbons (Fsp3) is 0.300. The maximum Gasteiger partial charge on any atom is 0.161 e. The topological polar surface area (TPSA) is 17.1 Å². The van der Waals surface area contributed by atoms with Crippen LogP contribution < -0.4 is 0 Å². The van der Waals surface area contributed by atoms with Crippen LogP contribution in [0.1, 0.15) is 18.9 Å². The van der Waals surface area contributed by atoms with E-state index in [9.17, 15) is 18.0 Å². The molecule has 0 aliphatic heterocycles. The van der Waals surface area contributed by atoms with Crippen molar-refractivity contribution in [2.24, 2.45) is 0 Å². The monoisotopic (exact) mass is 202 g/mol. The summed E-state index contributed by atoms with van der Waals surface area (Å²) in [5, 5.41) is 0. The lowest BCUT2D eigenvalue weighted by atomic mass is 10.1. The summed E-state index contributed by atoms with van der Waals surface area (Å²) in [6.07, 6.45) is 0.0535. The Morgan fingerprint density at radius 1 is 1.14 bits per heavy atom. The molecule has 0 aromatic heterocycles. The molecule has 0 radical (unpaired) electrons. The fourth-order valence-electron chi connectivity index (χ4n) is 1.04. The highest BCUT2D eigenvalue weighted by Gasteiger charge is 2.11. The Balaban J connectivity index is 2.98. The Kier molecular flexibility index (Phi) is 3.28. The summed E-state index contributed by atoms with van der Waals surface area (Å²) in [7, 11) is 0. The lowest BCUT2D eigenvalue weighted by molar-refractivity contribution is -0.118. The number of benzene rings is 1. The van der Waals surface area contributed by atoms with E-state index < -0.39 is 17.5 Å². The molecule has 1 aromatic carbocycles. The van der Waals surface area contributed by atoms with Gasteiger partial charge in [-0.25, -0.2) is 13.2 Å². The molecule has 0 aliphatic carbocycles. The van der Waals surface area contributed by atoms with Gasteiger partial charge in [0.25, 0.3) is 0 Å². The molecule has 0 spiro atoms. The van der Waals surface area contributed by atoms with Crippen LogP contribution in [-0.2, 0) is 11.2 Å². The third kappa shape index (κ3) is 2.34. The van der Waals surface area contributed by atoms with Crippen molar-refractivity contribution in [3.63, 3.8) is 0 Å². The van der Waals surface area contributed by atoms with Gasteiger partial charge in [-0.15, -0.1) is 0 Å². The zero-order valence-corrected chi connectivity index (χ0v) is 7.61. The first-order chi connectivity index (χ1) is 6.54. The second-order valence-corrected chi connectivity index (χ2v) is 2.93. The van der Waals surface area contributed by atoms with E-state index in [0.717, 1.165) is 6.07 Å². The largest absolute Gasteiger partial charge is 0.299 e. The van der Waals surface area contributed by atoms with Gasteiger partial charge in [-0.3, -0.25) is 4.79 Å². The van der Waals surface area contributed by atoms with Crippen LogP contribution in [0.3, 0.4) is 0 Å². The maximum absolute atomic E-state index is 13.0. The smallest absolute Gasteiger partial charge is 0.161 e. The van der Waals surface area contributed by atoms with Crippen LogP contribution in [-0.4, -0.2) is 5.78 Å². The summed E-state index contributed by atoms with van der Waals surface area (Å²) in [5.41, 5.74) is -0.101. The van der Waals surface area contributed by atoms with Crippen LogP contribution in [0.5, 0.6) is 0 Å². The van der Waals surface area contributed by atoms with Crippen molar-refractivity contribution in [2.75, 3.05) is 0 Å². The maximum atomic E-state index is 13.0. The lowest BCUT2D eigenvalue weighted by Crippen LogP contribution is -2.04. The van der Waals surface area contributed by atoms with Gasteiger partial charge in [-0.1, -0.05) is 6.92 Å². The van der Waals surface area contributed by atoms with E-state index in [1.165, 1.54) is 0 Å². The minimum absolute atomic E-state index is 0.101. The number of Topliss-reactive ketones (excluding diaryl/α,β-unsaturated/α-hetero) is 1. The average molecular weight is 202 g/mol. The summed E-state index contributed by atoms with van der Waals surface area (Å²) < 4.78 is 38.1. The van der Waals surface area contributed by atoms with Crippen LogP contribution in [0.4, 0.5) is 13.2 Å². The van der Waals surface area contributed by atoms with Gasteiger partial charge < -0.3 is 0 Å². The highest BCUT2D eigenvalue weighted by Crippen LogP contribution is 2.14. The average Bonchev–Trinajstić information content (AvgIpc) is 2.14. The van der Waals surface area contributed by atoms with E-state index in [4.69, 9.17) is 0 Å². The van der Waals surface area contributed by atoms with Crippen molar-refractivity contribution < 1.29 is 18.0 Å². The Labute approximate surface area is 79.5 Å². The summed E-state index contributed by atoms with van der Waals surface area (Å²) in [4.78, 5) is 10.9. The molecule has 0 saturated heterocycles. The van der Waals surface area contributed by atoms with Crippen molar-refractivity contribution in [2.45, 2.75) is 19.8 Å². The minimum Gasteiger partial charge on any atom is -0.299 e. The zero-order chi connectivity index (χ0) is 10.7. The molecule has 0 unspecified atom stereocenters. The van der Waals surface area contributed by atoms with Crippen LogP contribution >= 0.6 is 0 Å². The normalized spacial score (nSPS) is 10.3. The van der Waals surface area contributed by atoms with Crippen LogP contribution in [0.25, 0.3) is 0 Å². The van der Waals surface area contributed by atoms with Gasteiger partial charge in [0.15, 0.2) is 11.6 Å². The molecule has 0 bridgehead atoms. The number of ketones is 1. The third-order valence-corrected chi connectivity index (χ3v) is 1.87. The van der Waals surface area contributed by atoms with Gasteiger partial charge in [0.1, 0.15) is 11.6 Å². The molecule has 14 heavy (non-hydrogen) atoms. The van der Waals surface area contributed by atoms with E-state index in [-0.39, 0.29) is 24.2 Å². The molecule has 1 aromatic rings. The molecule has 1 rings (SSSR count). The molecule has 1 nitrogen and oxygen atoms in total. The zero-order valence-electron chi connectivity index (χ0n) is 7.61. The SMILES string of the molecule is CCC(=O)Cc1cc(F)c(F)cc1F. The quantitative estimate of drug-likeness (QED) is 0.688. The Bertz CT molecular complexity index is 361. The standard InChI is InChI=1S/C10H9F3O/c1-2-7(14)3-6-4-9(12)10(13)5-8(6)11/h4-5H,2-3H2,1H3. The van der Waals surface area contributed by atoms with Crippen LogP contribution in [0.15, 0.2) is 12.1 Å².